The number of rotatable bonds is 2. The second-order valence-corrected chi connectivity index (χ2v) is 5.13. The quantitative estimate of drug-likeness (QED) is 0.840. The summed E-state index contributed by atoms with van der Waals surface area (Å²) in [6.45, 7) is 5.87. The standard InChI is InChI=1S/C14H18ClN3O2/c1-2-17-6-8-18(9-7-17)14(20)13(19)16-12-5-3-4-11(15)10-12/h3-5,10H,2,6-9H2,1H3,(H,16,19). The molecule has 0 aliphatic carbocycles. The molecule has 1 aliphatic heterocycles. The molecule has 1 aromatic rings. The molecular weight excluding hydrogens is 278 g/mol. The van der Waals surface area contributed by atoms with Crippen LogP contribution in [0.25, 0.3) is 0 Å². The summed E-state index contributed by atoms with van der Waals surface area (Å²) in [6, 6.07) is 6.75. The fraction of sp³-hybridized carbons (Fsp3) is 0.429. The first-order valence-corrected chi connectivity index (χ1v) is 7.06. The van der Waals surface area contributed by atoms with Gasteiger partial charge >= 0.3 is 11.8 Å². The van der Waals surface area contributed by atoms with Gasteiger partial charge in [0, 0.05) is 36.9 Å². The van der Waals surface area contributed by atoms with Gasteiger partial charge in [-0.2, -0.15) is 0 Å². The summed E-state index contributed by atoms with van der Waals surface area (Å²) in [5.74, 6) is -1.10. The first kappa shape index (κ1) is 14.8. The molecular formula is C14H18ClN3O2. The highest BCUT2D eigenvalue weighted by Gasteiger charge is 2.25. The van der Waals surface area contributed by atoms with E-state index in [1.54, 1.807) is 29.2 Å². The van der Waals surface area contributed by atoms with E-state index in [2.05, 4.69) is 17.1 Å². The zero-order valence-corrected chi connectivity index (χ0v) is 12.2. The summed E-state index contributed by atoms with van der Waals surface area (Å²) >= 11 is 5.84. The van der Waals surface area contributed by atoms with Gasteiger partial charge < -0.3 is 15.1 Å². The van der Waals surface area contributed by atoms with Crippen molar-refractivity contribution in [1.82, 2.24) is 9.80 Å². The van der Waals surface area contributed by atoms with Crippen molar-refractivity contribution in [2.75, 3.05) is 38.0 Å². The van der Waals surface area contributed by atoms with E-state index < -0.39 is 11.8 Å². The van der Waals surface area contributed by atoms with Crippen molar-refractivity contribution in [3.8, 4) is 0 Å². The van der Waals surface area contributed by atoms with Crippen LogP contribution in [0.4, 0.5) is 5.69 Å². The molecule has 0 unspecified atom stereocenters. The first-order chi connectivity index (χ1) is 9.60. The summed E-state index contributed by atoms with van der Waals surface area (Å²) in [4.78, 5) is 27.8. The molecule has 0 radical (unpaired) electrons. The highest BCUT2D eigenvalue weighted by atomic mass is 35.5. The van der Waals surface area contributed by atoms with E-state index in [0.717, 1.165) is 19.6 Å². The van der Waals surface area contributed by atoms with Crippen LogP contribution in [0.15, 0.2) is 24.3 Å². The summed E-state index contributed by atoms with van der Waals surface area (Å²) < 4.78 is 0. The van der Waals surface area contributed by atoms with Crippen LogP contribution in [0.3, 0.4) is 0 Å². The van der Waals surface area contributed by atoms with E-state index in [9.17, 15) is 9.59 Å². The van der Waals surface area contributed by atoms with Gasteiger partial charge in [-0.3, -0.25) is 9.59 Å². The number of hydrogen-bond donors (Lipinski definition) is 1. The lowest BCUT2D eigenvalue weighted by Gasteiger charge is -2.33. The third kappa shape index (κ3) is 3.71. The van der Waals surface area contributed by atoms with E-state index >= 15 is 0 Å². The molecule has 1 aliphatic rings. The van der Waals surface area contributed by atoms with Crippen LogP contribution >= 0.6 is 11.6 Å². The lowest BCUT2D eigenvalue weighted by molar-refractivity contribution is -0.144. The number of piperazine rings is 1. The van der Waals surface area contributed by atoms with Crippen molar-refractivity contribution in [2.45, 2.75) is 6.92 Å². The molecule has 20 heavy (non-hydrogen) atoms. The molecule has 1 heterocycles. The molecule has 0 atom stereocenters. The third-order valence-corrected chi connectivity index (χ3v) is 3.62. The van der Waals surface area contributed by atoms with E-state index in [1.807, 2.05) is 0 Å². The van der Waals surface area contributed by atoms with Gasteiger partial charge in [0.15, 0.2) is 0 Å². The number of nitrogens with zero attached hydrogens (tertiary/aromatic N) is 2. The van der Waals surface area contributed by atoms with Gasteiger partial charge in [0.05, 0.1) is 0 Å². The molecule has 1 aromatic carbocycles. The molecule has 1 saturated heterocycles. The highest BCUT2D eigenvalue weighted by molar-refractivity contribution is 6.39. The minimum atomic E-state index is -0.614. The van der Waals surface area contributed by atoms with Gasteiger partial charge in [-0.25, -0.2) is 0 Å². The minimum Gasteiger partial charge on any atom is -0.332 e. The Morgan fingerprint density at radius 3 is 2.55 bits per heavy atom. The predicted octanol–water partition coefficient (Wildman–Crippen LogP) is 1.44. The molecule has 1 N–H and O–H groups in total. The Labute approximate surface area is 123 Å². The Morgan fingerprint density at radius 1 is 1.25 bits per heavy atom. The zero-order valence-electron chi connectivity index (χ0n) is 11.4. The number of hydrogen-bond acceptors (Lipinski definition) is 3. The number of amides is 2. The average molecular weight is 296 g/mol. The molecule has 0 bridgehead atoms. The summed E-state index contributed by atoms with van der Waals surface area (Å²) in [5.41, 5.74) is 0.531. The number of carbonyl (C=O) groups excluding carboxylic acids is 2. The van der Waals surface area contributed by atoms with Crippen molar-refractivity contribution in [2.24, 2.45) is 0 Å². The molecule has 5 nitrogen and oxygen atoms in total. The van der Waals surface area contributed by atoms with Gasteiger partial charge in [-0.1, -0.05) is 24.6 Å². The number of carbonyl (C=O) groups is 2. The van der Waals surface area contributed by atoms with Crippen molar-refractivity contribution in [3.63, 3.8) is 0 Å². The molecule has 0 spiro atoms. The predicted molar refractivity (Wildman–Crippen MR) is 78.8 cm³/mol. The minimum absolute atomic E-state index is 0.485. The second kappa shape index (κ2) is 6.72. The fourth-order valence-corrected chi connectivity index (χ4v) is 2.35. The normalized spacial score (nSPS) is 16.0. The molecule has 108 valence electrons. The maximum Gasteiger partial charge on any atom is 0.313 e. The second-order valence-electron chi connectivity index (χ2n) is 4.69. The summed E-state index contributed by atoms with van der Waals surface area (Å²) in [7, 11) is 0. The van der Waals surface area contributed by atoms with Crippen LogP contribution in [-0.4, -0.2) is 54.3 Å². The number of likely N-dealkylation sites (N-methyl/N-ethyl adjacent to an activating group) is 1. The molecule has 0 saturated carbocycles. The van der Waals surface area contributed by atoms with E-state index in [1.165, 1.54) is 0 Å². The summed E-state index contributed by atoms with van der Waals surface area (Å²) in [5, 5.41) is 3.10. The fourth-order valence-electron chi connectivity index (χ4n) is 2.16. The van der Waals surface area contributed by atoms with Gasteiger partial charge in [0.2, 0.25) is 0 Å². The SMILES string of the molecule is CCN1CCN(C(=O)C(=O)Nc2cccc(Cl)c2)CC1. The lowest BCUT2D eigenvalue weighted by Crippen LogP contribution is -2.51. The Kier molecular flexibility index (Phi) is 4.98. The van der Waals surface area contributed by atoms with Crippen LogP contribution < -0.4 is 5.32 Å². The van der Waals surface area contributed by atoms with Crippen molar-refractivity contribution < 1.29 is 9.59 Å². The Bertz CT molecular complexity index is 499. The van der Waals surface area contributed by atoms with Gasteiger partial charge in [0.1, 0.15) is 0 Å². The Morgan fingerprint density at radius 2 is 1.95 bits per heavy atom. The third-order valence-electron chi connectivity index (χ3n) is 3.38. The van der Waals surface area contributed by atoms with Crippen molar-refractivity contribution >= 4 is 29.1 Å². The molecule has 6 heteroatoms. The maximum absolute atomic E-state index is 12.0. The van der Waals surface area contributed by atoms with Crippen LogP contribution in [-0.2, 0) is 9.59 Å². The van der Waals surface area contributed by atoms with E-state index in [0.29, 0.717) is 23.8 Å². The number of halogens is 1. The molecule has 2 amide bonds. The molecule has 1 fully saturated rings. The first-order valence-electron chi connectivity index (χ1n) is 6.68. The number of anilines is 1. The topological polar surface area (TPSA) is 52.7 Å². The average Bonchev–Trinajstić information content (AvgIpc) is 2.46. The van der Waals surface area contributed by atoms with Gasteiger partial charge in [0.25, 0.3) is 0 Å². The highest BCUT2D eigenvalue weighted by Crippen LogP contribution is 2.15. The largest absolute Gasteiger partial charge is 0.332 e. The van der Waals surface area contributed by atoms with Crippen molar-refractivity contribution in [3.05, 3.63) is 29.3 Å². The van der Waals surface area contributed by atoms with E-state index in [-0.39, 0.29) is 0 Å². The lowest BCUT2D eigenvalue weighted by atomic mass is 10.3. The summed E-state index contributed by atoms with van der Waals surface area (Å²) in [6.07, 6.45) is 0. The van der Waals surface area contributed by atoms with Crippen LogP contribution in [0.2, 0.25) is 5.02 Å². The monoisotopic (exact) mass is 295 g/mol. The molecule has 0 aromatic heterocycles. The van der Waals surface area contributed by atoms with Gasteiger partial charge in [-0.05, 0) is 24.7 Å². The van der Waals surface area contributed by atoms with E-state index in [4.69, 9.17) is 11.6 Å². The Hall–Kier alpha value is -1.59. The maximum atomic E-state index is 12.0. The molecule has 2 rings (SSSR count). The van der Waals surface area contributed by atoms with Gasteiger partial charge in [-0.15, -0.1) is 0 Å². The van der Waals surface area contributed by atoms with Crippen molar-refractivity contribution in [1.29, 1.82) is 0 Å². The van der Waals surface area contributed by atoms with Crippen LogP contribution in [0, 0.1) is 0 Å². The Balaban J connectivity index is 1.91. The zero-order chi connectivity index (χ0) is 14.5. The smallest absolute Gasteiger partial charge is 0.313 e. The van der Waals surface area contributed by atoms with Crippen LogP contribution in [0.5, 0.6) is 0 Å². The number of benzene rings is 1. The van der Waals surface area contributed by atoms with Crippen LogP contribution in [0.1, 0.15) is 6.92 Å². The number of nitrogens with one attached hydrogen (secondary N) is 1.